The predicted molar refractivity (Wildman–Crippen MR) is 94.8 cm³/mol. The number of hydrogen-bond acceptors (Lipinski definition) is 7. The fourth-order valence-corrected chi connectivity index (χ4v) is 3.64. The van der Waals surface area contributed by atoms with Crippen LogP contribution >= 0.6 is 0 Å². The van der Waals surface area contributed by atoms with Gasteiger partial charge in [0, 0.05) is 52.5 Å². The summed E-state index contributed by atoms with van der Waals surface area (Å²) in [6.07, 6.45) is 2.95. The SMILES string of the molecule is CO[C@H]1C[C@@H](CN(C)C)N(c2cc(N3CC(C)(OC)C3)ncn2)C1. The average Bonchev–Trinajstić information content (AvgIpc) is 2.94. The summed E-state index contributed by atoms with van der Waals surface area (Å²) >= 11 is 0. The van der Waals surface area contributed by atoms with Gasteiger partial charge in [0.2, 0.25) is 0 Å². The van der Waals surface area contributed by atoms with Gasteiger partial charge in [-0.3, -0.25) is 0 Å². The van der Waals surface area contributed by atoms with E-state index in [4.69, 9.17) is 9.47 Å². The lowest BCUT2D eigenvalue weighted by atomic mass is 9.96. The Hall–Kier alpha value is -1.44. The highest BCUT2D eigenvalue weighted by atomic mass is 16.5. The molecule has 2 atom stereocenters. The number of ether oxygens (including phenoxy) is 2. The molecular weight excluding hydrogens is 306 g/mol. The maximum Gasteiger partial charge on any atom is 0.134 e. The van der Waals surface area contributed by atoms with E-state index in [9.17, 15) is 0 Å². The van der Waals surface area contributed by atoms with Crippen LogP contribution in [0.1, 0.15) is 13.3 Å². The van der Waals surface area contributed by atoms with Gasteiger partial charge in [-0.25, -0.2) is 9.97 Å². The number of anilines is 2. The molecule has 0 saturated carbocycles. The number of aromatic nitrogens is 2. The van der Waals surface area contributed by atoms with E-state index >= 15 is 0 Å². The first-order chi connectivity index (χ1) is 11.4. The number of nitrogens with zero attached hydrogens (tertiary/aromatic N) is 5. The third-order valence-corrected chi connectivity index (χ3v) is 5.09. The highest BCUT2D eigenvalue weighted by molar-refractivity contribution is 5.53. The standard InChI is InChI=1S/C17H29N5O2/c1-17(24-5)10-21(11-17)15-7-16(19-12-18-15)22-9-14(23-4)6-13(22)8-20(2)3/h7,12-14H,6,8-11H2,1-5H3/t13-,14-/m0/s1. The van der Waals surface area contributed by atoms with Gasteiger partial charge in [-0.15, -0.1) is 0 Å². The van der Waals surface area contributed by atoms with Crippen LogP contribution in [0.15, 0.2) is 12.4 Å². The number of hydrogen-bond donors (Lipinski definition) is 0. The molecule has 0 amide bonds. The van der Waals surface area contributed by atoms with Crippen LogP contribution in [0.5, 0.6) is 0 Å². The van der Waals surface area contributed by atoms with Crippen molar-refractivity contribution >= 4 is 11.6 Å². The summed E-state index contributed by atoms with van der Waals surface area (Å²) in [7, 11) is 7.77. The Balaban J connectivity index is 1.75. The third-order valence-electron chi connectivity index (χ3n) is 5.09. The molecule has 24 heavy (non-hydrogen) atoms. The monoisotopic (exact) mass is 335 g/mol. The zero-order valence-electron chi connectivity index (χ0n) is 15.4. The molecule has 0 aromatic carbocycles. The molecule has 7 heteroatoms. The van der Waals surface area contributed by atoms with Crippen molar-refractivity contribution in [3.8, 4) is 0 Å². The van der Waals surface area contributed by atoms with Crippen molar-refractivity contribution in [2.24, 2.45) is 0 Å². The van der Waals surface area contributed by atoms with Crippen LogP contribution < -0.4 is 9.80 Å². The van der Waals surface area contributed by atoms with E-state index in [0.29, 0.717) is 6.04 Å². The Morgan fingerprint density at radius 3 is 2.58 bits per heavy atom. The van der Waals surface area contributed by atoms with E-state index in [0.717, 1.165) is 44.2 Å². The van der Waals surface area contributed by atoms with Crippen LogP contribution in [0.25, 0.3) is 0 Å². The molecule has 1 aromatic rings. The minimum Gasteiger partial charge on any atom is -0.380 e. The van der Waals surface area contributed by atoms with Gasteiger partial charge in [-0.2, -0.15) is 0 Å². The second-order valence-corrected chi connectivity index (χ2v) is 7.41. The van der Waals surface area contributed by atoms with Crippen molar-refractivity contribution < 1.29 is 9.47 Å². The maximum absolute atomic E-state index is 5.60. The molecule has 2 aliphatic heterocycles. The van der Waals surface area contributed by atoms with Crippen molar-refractivity contribution in [3.63, 3.8) is 0 Å². The van der Waals surface area contributed by atoms with Crippen LogP contribution in [-0.2, 0) is 9.47 Å². The lowest BCUT2D eigenvalue weighted by Crippen LogP contribution is -2.61. The molecule has 0 N–H and O–H groups in total. The number of likely N-dealkylation sites (N-methyl/N-ethyl adjacent to an activating group) is 1. The van der Waals surface area contributed by atoms with Crippen LogP contribution in [0.3, 0.4) is 0 Å². The Labute approximate surface area is 144 Å². The van der Waals surface area contributed by atoms with Gasteiger partial charge in [0.25, 0.3) is 0 Å². The molecule has 0 bridgehead atoms. The average molecular weight is 335 g/mol. The zero-order valence-corrected chi connectivity index (χ0v) is 15.4. The minimum atomic E-state index is -0.0621. The van der Waals surface area contributed by atoms with Crippen molar-refractivity contribution in [2.75, 3.05) is 64.3 Å². The molecule has 2 aliphatic rings. The fourth-order valence-electron chi connectivity index (χ4n) is 3.64. The molecule has 3 rings (SSSR count). The van der Waals surface area contributed by atoms with Crippen LogP contribution in [0.2, 0.25) is 0 Å². The van der Waals surface area contributed by atoms with E-state index in [1.54, 1.807) is 20.5 Å². The van der Waals surface area contributed by atoms with Crippen LogP contribution in [-0.4, -0.2) is 87.1 Å². The maximum atomic E-state index is 5.60. The first-order valence-corrected chi connectivity index (χ1v) is 8.50. The smallest absolute Gasteiger partial charge is 0.134 e. The Morgan fingerprint density at radius 2 is 1.96 bits per heavy atom. The first-order valence-electron chi connectivity index (χ1n) is 8.50. The van der Waals surface area contributed by atoms with Gasteiger partial charge >= 0.3 is 0 Å². The highest BCUT2D eigenvalue weighted by Crippen LogP contribution is 2.32. The molecule has 0 spiro atoms. The Morgan fingerprint density at radius 1 is 1.25 bits per heavy atom. The quantitative estimate of drug-likeness (QED) is 0.764. The fraction of sp³-hybridized carbons (Fsp3) is 0.765. The lowest BCUT2D eigenvalue weighted by Gasteiger charge is -2.47. The number of methoxy groups -OCH3 is 2. The van der Waals surface area contributed by atoms with Gasteiger partial charge in [0.1, 0.15) is 18.0 Å². The molecule has 2 saturated heterocycles. The van der Waals surface area contributed by atoms with E-state index in [1.807, 2.05) is 0 Å². The van der Waals surface area contributed by atoms with Gasteiger partial charge in [-0.05, 0) is 27.4 Å². The summed E-state index contributed by atoms with van der Waals surface area (Å²) in [6.45, 7) is 5.72. The summed E-state index contributed by atoms with van der Waals surface area (Å²) in [5.41, 5.74) is -0.0621. The van der Waals surface area contributed by atoms with Crippen LogP contribution in [0, 0.1) is 0 Å². The molecule has 0 aliphatic carbocycles. The lowest BCUT2D eigenvalue weighted by molar-refractivity contribution is -0.0171. The third kappa shape index (κ3) is 3.48. The van der Waals surface area contributed by atoms with Crippen molar-refractivity contribution in [2.45, 2.75) is 31.1 Å². The first kappa shape index (κ1) is 17.4. The molecule has 134 valence electrons. The van der Waals surface area contributed by atoms with E-state index in [2.05, 4.69) is 51.8 Å². The van der Waals surface area contributed by atoms with Crippen LogP contribution in [0.4, 0.5) is 11.6 Å². The normalized spacial score (nSPS) is 26.1. The van der Waals surface area contributed by atoms with E-state index in [1.165, 1.54) is 0 Å². The van der Waals surface area contributed by atoms with Gasteiger partial charge < -0.3 is 24.2 Å². The summed E-state index contributed by atoms with van der Waals surface area (Å²) in [6, 6.07) is 2.50. The molecule has 1 aromatic heterocycles. The van der Waals surface area contributed by atoms with E-state index < -0.39 is 0 Å². The van der Waals surface area contributed by atoms with Crippen molar-refractivity contribution in [1.29, 1.82) is 0 Å². The zero-order chi connectivity index (χ0) is 17.3. The highest BCUT2D eigenvalue weighted by Gasteiger charge is 2.40. The minimum absolute atomic E-state index is 0.0621. The molecule has 7 nitrogen and oxygen atoms in total. The predicted octanol–water partition coefficient (Wildman–Crippen LogP) is 0.857. The second kappa shape index (κ2) is 6.82. The van der Waals surface area contributed by atoms with Crippen molar-refractivity contribution in [1.82, 2.24) is 14.9 Å². The molecule has 2 fully saturated rings. The van der Waals surface area contributed by atoms with Gasteiger partial charge in [0.15, 0.2) is 0 Å². The van der Waals surface area contributed by atoms with Gasteiger partial charge in [-0.1, -0.05) is 0 Å². The topological polar surface area (TPSA) is 54.0 Å². The molecule has 0 unspecified atom stereocenters. The summed E-state index contributed by atoms with van der Waals surface area (Å²) in [4.78, 5) is 15.8. The summed E-state index contributed by atoms with van der Waals surface area (Å²) in [5.74, 6) is 1.96. The largest absolute Gasteiger partial charge is 0.380 e. The van der Waals surface area contributed by atoms with Gasteiger partial charge in [0.05, 0.1) is 11.7 Å². The summed E-state index contributed by atoms with van der Waals surface area (Å²) in [5, 5.41) is 0. The Kier molecular flexibility index (Phi) is 4.94. The second-order valence-electron chi connectivity index (χ2n) is 7.41. The van der Waals surface area contributed by atoms with Crippen molar-refractivity contribution in [3.05, 3.63) is 12.4 Å². The number of rotatable bonds is 6. The molecule has 3 heterocycles. The van der Waals surface area contributed by atoms with E-state index in [-0.39, 0.29) is 11.7 Å². The molecular formula is C17H29N5O2. The summed E-state index contributed by atoms with van der Waals surface area (Å²) < 4.78 is 11.1. The molecule has 0 radical (unpaired) electrons. The Bertz CT molecular complexity index is 562.